The maximum atomic E-state index is 13.4. The predicted octanol–water partition coefficient (Wildman–Crippen LogP) is 7.16. The van der Waals surface area contributed by atoms with Crippen LogP contribution in [0.2, 0.25) is 10.0 Å². The van der Waals surface area contributed by atoms with Crippen molar-refractivity contribution >= 4 is 51.0 Å². The van der Waals surface area contributed by atoms with E-state index in [2.05, 4.69) is 37.4 Å². The van der Waals surface area contributed by atoms with Crippen molar-refractivity contribution in [2.24, 2.45) is 5.41 Å². The van der Waals surface area contributed by atoms with Crippen molar-refractivity contribution in [3.8, 4) is 5.75 Å². The van der Waals surface area contributed by atoms with E-state index in [-0.39, 0.29) is 22.0 Å². The molecular weight excluding hydrogens is 417 g/mol. The van der Waals surface area contributed by atoms with Crippen LogP contribution in [0.1, 0.15) is 43.9 Å². The van der Waals surface area contributed by atoms with Crippen molar-refractivity contribution in [1.82, 2.24) is 0 Å². The van der Waals surface area contributed by atoms with Gasteiger partial charge in [0.2, 0.25) is 0 Å². The Morgan fingerprint density at radius 3 is 2.63 bits per heavy atom. The Morgan fingerprint density at radius 1 is 1.07 bits per heavy atom. The molecule has 1 aliphatic carbocycles. The molecule has 1 atom stereocenters. The fourth-order valence-corrected chi connectivity index (χ4v) is 5.39. The zero-order valence-corrected chi connectivity index (χ0v) is 18.2. The molecule has 3 aromatic carbocycles. The lowest BCUT2D eigenvalue weighted by Crippen LogP contribution is -2.33. The average molecular weight is 438 g/mol. The zero-order valence-electron chi connectivity index (χ0n) is 16.7. The molecule has 0 saturated heterocycles. The van der Waals surface area contributed by atoms with Gasteiger partial charge in [0.15, 0.2) is 5.78 Å². The molecule has 5 heteroatoms. The molecule has 0 fully saturated rings. The molecule has 3 aromatic rings. The van der Waals surface area contributed by atoms with Gasteiger partial charge in [-0.25, -0.2) is 0 Å². The quantitative estimate of drug-likeness (QED) is 0.424. The normalized spacial score (nSPS) is 20.0. The van der Waals surface area contributed by atoms with Crippen LogP contribution in [0.25, 0.3) is 16.3 Å². The summed E-state index contributed by atoms with van der Waals surface area (Å²) in [6.07, 6.45) is 1.24. The molecule has 0 unspecified atom stereocenters. The van der Waals surface area contributed by atoms with Gasteiger partial charge >= 0.3 is 0 Å². The van der Waals surface area contributed by atoms with E-state index >= 15 is 0 Å². The highest BCUT2D eigenvalue weighted by Crippen LogP contribution is 2.53. The minimum absolute atomic E-state index is 0.0488. The number of allylic oxidation sites excluding steroid dienone is 1. The smallest absolute Gasteiger partial charge is 0.162 e. The summed E-state index contributed by atoms with van der Waals surface area (Å²) in [5.41, 5.74) is 4.15. The molecule has 0 spiro atoms. The SMILES string of the molecule is CC1(C)CC(=O)C2=C(C1)c1c(ccc3ccccc13)N[C@@H]2c1cc(Cl)cc(Cl)c1O. The van der Waals surface area contributed by atoms with Gasteiger partial charge in [-0.15, -0.1) is 0 Å². The van der Waals surface area contributed by atoms with Gasteiger partial charge in [0, 0.05) is 33.8 Å². The van der Waals surface area contributed by atoms with Gasteiger partial charge in [-0.05, 0) is 46.4 Å². The van der Waals surface area contributed by atoms with E-state index in [0.717, 1.165) is 34.0 Å². The van der Waals surface area contributed by atoms with Crippen LogP contribution >= 0.6 is 23.2 Å². The van der Waals surface area contributed by atoms with Crippen LogP contribution in [0.15, 0.2) is 54.1 Å². The number of carbonyl (C=O) groups is 1. The largest absolute Gasteiger partial charge is 0.506 e. The Balaban J connectivity index is 1.83. The number of Topliss-reactive ketones (excluding diaryl/α,β-unsaturated/α-hetero) is 1. The number of ketones is 1. The number of aromatic hydroxyl groups is 1. The predicted molar refractivity (Wildman–Crippen MR) is 123 cm³/mol. The number of phenolic OH excluding ortho intramolecular Hbond substituents is 1. The van der Waals surface area contributed by atoms with Crippen LogP contribution < -0.4 is 5.32 Å². The minimum atomic E-state index is -0.506. The number of benzene rings is 3. The highest BCUT2D eigenvalue weighted by Gasteiger charge is 2.41. The van der Waals surface area contributed by atoms with Crippen molar-refractivity contribution in [1.29, 1.82) is 0 Å². The lowest BCUT2D eigenvalue weighted by atomic mass is 9.68. The molecule has 1 aliphatic heterocycles. The molecule has 0 bridgehead atoms. The van der Waals surface area contributed by atoms with E-state index in [4.69, 9.17) is 23.2 Å². The van der Waals surface area contributed by atoms with Crippen molar-refractivity contribution in [2.75, 3.05) is 5.32 Å². The number of anilines is 1. The highest BCUT2D eigenvalue weighted by molar-refractivity contribution is 6.35. The fraction of sp³-hybridized carbons (Fsp3) is 0.240. The van der Waals surface area contributed by atoms with Gasteiger partial charge in [0.05, 0.1) is 11.1 Å². The Hall–Kier alpha value is -2.49. The first kappa shape index (κ1) is 19.5. The Morgan fingerprint density at radius 2 is 1.83 bits per heavy atom. The summed E-state index contributed by atoms with van der Waals surface area (Å²) in [6, 6.07) is 15.0. The van der Waals surface area contributed by atoms with Gasteiger partial charge in [0.25, 0.3) is 0 Å². The summed E-state index contributed by atoms with van der Waals surface area (Å²) >= 11 is 12.5. The molecule has 30 heavy (non-hydrogen) atoms. The number of hydrogen-bond donors (Lipinski definition) is 2. The van der Waals surface area contributed by atoms with E-state index in [9.17, 15) is 9.90 Å². The summed E-state index contributed by atoms with van der Waals surface area (Å²) in [6.45, 7) is 4.26. The number of rotatable bonds is 1. The average Bonchev–Trinajstić information content (AvgIpc) is 2.68. The van der Waals surface area contributed by atoms with Crippen LogP contribution in [-0.2, 0) is 4.79 Å². The van der Waals surface area contributed by atoms with Crippen LogP contribution in [0, 0.1) is 5.41 Å². The molecule has 3 nitrogen and oxygen atoms in total. The minimum Gasteiger partial charge on any atom is -0.506 e. The number of nitrogens with one attached hydrogen (secondary N) is 1. The van der Waals surface area contributed by atoms with Crippen LogP contribution in [0.4, 0.5) is 5.69 Å². The van der Waals surface area contributed by atoms with Gasteiger partial charge in [-0.1, -0.05) is 67.4 Å². The molecule has 0 amide bonds. The summed E-state index contributed by atoms with van der Waals surface area (Å²) in [5.74, 6) is 0.0418. The Bertz CT molecular complexity index is 1260. The molecule has 1 heterocycles. The van der Waals surface area contributed by atoms with Crippen molar-refractivity contribution in [3.63, 3.8) is 0 Å². The Labute approximate surface area is 185 Å². The second-order valence-electron chi connectivity index (χ2n) is 8.95. The van der Waals surface area contributed by atoms with Gasteiger partial charge in [-0.3, -0.25) is 4.79 Å². The monoisotopic (exact) mass is 437 g/mol. The van der Waals surface area contributed by atoms with Gasteiger partial charge in [-0.2, -0.15) is 0 Å². The first-order valence-electron chi connectivity index (χ1n) is 9.98. The number of carbonyl (C=O) groups excluding carboxylic acids is 1. The van der Waals surface area contributed by atoms with Crippen LogP contribution in [-0.4, -0.2) is 10.9 Å². The fourth-order valence-electron chi connectivity index (χ4n) is 4.88. The first-order valence-corrected chi connectivity index (χ1v) is 10.7. The maximum absolute atomic E-state index is 13.4. The molecular formula is C25H21Cl2NO2. The number of halogens is 2. The highest BCUT2D eigenvalue weighted by atomic mass is 35.5. The van der Waals surface area contributed by atoms with Gasteiger partial charge < -0.3 is 10.4 Å². The van der Waals surface area contributed by atoms with E-state index in [1.54, 1.807) is 6.07 Å². The first-order chi connectivity index (χ1) is 14.2. The second kappa shape index (κ2) is 6.76. The maximum Gasteiger partial charge on any atom is 0.162 e. The van der Waals surface area contributed by atoms with Gasteiger partial charge in [0.1, 0.15) is 5.75 Å². The van der Waals surface area contributed by atoms with Crippen LogP contribution in [0.3, 0.4) is 0 Å². The van der Waals surface area contributed by atoms with Crippen molar-refractivity contribution < 1.29 is 9.90 Å². The summed E-state index contributed by atoms with van der Waals surface area (Å²) in [7, 11) is 0. The third-order valence-corrected chi connectivity index (χ3v) is 6.61. The summed E-state index contributed by atoms with van der Waals surface area (Å²) in [5, 5.41) is 17.1. The standard InChI is InChI=1S/C25H21Cl2NO2/c1-25(2)11-17-21-15-6-4-3-5-13(15)7-8-19(21)28-23(22(17)20(29)12-25)16-9-14(26)10-18(27)24(16)30/h3-10,23,28,30H,11-12H2,1-2H3/t23-/m1/s1. The topological polar surface area (TPSA) is 49.3 Å². The molecule has 2 aliphatic rings. The van der Waals surface area contributed by atoms with Crippen molar-refractivity contribution in [2.45, 2.75) is 32.7 Å². The van der Waals surface area contributed by atoms with Crippen molar-refractivity contribution in [3.05, 3.63) is 75.3 Å². The second-order valence-corrected chi connectivity index (χ2v) is 9.79. The Kier molecular flexibility index (Phi) is 4.39. The van der Waals surface area contributed by atoms with Crippen LogP contribution in [0.5, 0.6) is 5.75 Å². The zero-order chi connectivity index (χ0) is 21.2. The summed E-state index contributed by atoms with van der Waals surface area (Å²) in [4.78, 5) is 13.4. The molecule has 0 radical (unpaired) electrons. The third kappa shape index (κ3) is 3.00. The lowest BCUT2D eigenvalue weighted by Gasteiger charge is -2.40. The number of fused-ring (bicyclic) bond motifs is 4. The molecule has 0 aromatic heterocycles. The molecule has 0 saturated carbocycles. The number of phenols is 1. The van der Waals surface area contributed by atoms with E-state index in [0.29, 0.717) is 22.6 Å². The molecule has 152 valence electrons. The van der Waals surface area contributed by atoms with E-state index in [1.807, 2.05) is 18.2 Å². The summed E-state index contributed by atoms with van der Waals surface area (Å²) < 4.78 is 0. The lowest BCUT2D eigenvalue weighted by molar-refractivity contribution is -0.118. The number of hydrogen-bond acceptors (Lipinski definition) is 3. The van der Waals surface area contributed by atoms with E-state index in [1.165, 1.54) is 6.07 Å². The van der Waals surface area contributed by atoms with E-state index < -0.39 is 6.04 Å². The molecule has 5 rings (SSSR count). The third-order valence-electron chi connectivity index (χ3n) is 6.11. The molecule has 2 N–H and O–H groups in total.